The van der Waals surface area contributed by atoms with Crippen LogP contribution in [0.15, 0.2) is 41.8 Å². The van der Waals surface area contributed by atoms with Gasteiger partial charge in [-0.3, -0.25) is 4.79 Å². The molecule has 0 aliphatic carbocycles. The molecule has 0 radical (unpaired) electrons. The van der Waals surface area contributed by atoms with Crippen molar-refractivity contribution in [1.29, 1.82) is 0 Å². The predicted molar refractivity (Wildman–Crippen MR) is 102 cm³/mol. The van der Waals surface area contributed by atoms with Crippen molar-refractivity contribution in [2.75, 3.05) is 10.6 Å². The number of rotatable bonds is 3. The van der Waals surface area contributed by atoms with Crippen molar-refractivity contribution in [3.63, 3.8) is 0 Å². The Balaban J connectivity index is 1.63. The van der Waals surface area contributed by atoms with Gasteiger partial charge < -0.3 is 10.6 Å². The lowest BCUT2D eigenvalue weighted by atomic mass is 10.0. The minimum absolute atomic E-state index is 0.0965. The Morgan fingerprint density at radius 2 is 2.10 bits per heavy atom. The molecular formula is C18H13ClF4N4OS. The number of alkyl halides is 3. The highest BCUT2D eigenvalue weighted by molar-refractivity contribution is 7.10. The minimum atomic E-state index is -4.53. The van der Waals surface area contributed by atoms with E-state index in [-0.39, 0.29) is 28.6 Å². The first kappa shape index (κ1) is 19.7. The molecule has 0 saturated carbocycles. The lowest BCUT2D eigenvalue weighted by Crippen LogP contribution is -2.35. The lowest BCUT2D eigenvalue weighted by molar-refractivity contribution is -0.173. The van der Waals surface area contributed by atoms with E-state index < -0.39 is 30.0 Å². The molecule has 152 valence electrons. The second-order valence-electron chi connectivity index (χ2n) is 6.45. The highest BCUT2D eigenvalue weighted by atomic mass is 35.5. The van der Waals surface area contributed by atoms with Crippen LogP contribution >= 0.6 is 22.9 Å². The Morgan fingerprint density at radius 1 is 1.31 bits per heavy atom. The van der Waals surface area contributed by atoms with Crippen LogP contribution in [0.5, 0.6) is 0 Å². The number of fused-ring (bicyclic) bond motifs is 1. The van der Waals surface area contributed by atoms with Gasteiger partial charge in [0, 0.05) is 23.1 Å². The van der Waals surface area contributed by atoms with Gasteiger partial charge in [0.15, 0.2) is 11.7 Å². The molecule has 1 aromatic carbocycles. The molecule has 2 atom stereocenters. The molecule has 2 N–H and O–H groups in total. The van der Waals surface area contributed by atoms with Gasteiger partial charge in [0.05, 0.1) is 11.1 Å². The molecule has 0 fully saturated rings. The van der Waals surface area contributed by atoms with Crippen molar-refractivity contribution in [2.45, 2.75) is 24.7 Å². The SMILES string of the molecule is O=C(Nc1ccc(F)c(Cl)c1)c1cc2n(n1)[C@H](C(F)(F)F)C[C@H](c1cccs1)N2. The monoisotopic (exact) mass is 444 g/mol. The second kappa shape index (κ2) is 7.34. The summed E-state index contributed by atoms with van der Waals surface area (Å²) in [7, 11) is 0. The first-order valence-electron chi connectivity index (χ1n) is 8.45. The fourth-order valence-electron chi connectivity index (χ4n) is 3.13. The normalized spacial score (nSPS) is 18.8. The molecule has 4 rings (SSSR count). The summed E-state index contributed by atoms with van der Waals surface area (Å²) < 4.78 is 55.0. The van der Waals surface area contributed by atoms with Gasteiger partial charge in [-0.1, -0.05) is 17.7 Å². The first-order valence-corrected chi connectivity index (χ1v) is 9.71. The third kappa shape index (κ3) is 3.95. The molecule has 1 amide bonds. The lowest BCUT2D eigenvalue weighted by Gasteiger charge is -2.32. The molecule has 2 aromatic heterocycles. The van der Waals surface area contributed by atoms with Crippen molar-refractivity contribution in [2.24, 2.45) is 0 Å². The molecular weight excluding hydrogens is 432 g/mol. The van der Waals surface area contributed by atoms with Gasteiger partial charge in [-0.25, -0.2) is 9.07 Å². The summed E-state index contributed by atoms with van der Waals surface area (Å²) in [4.78, 5) is 13.2. The number of amides is 1. The highest BCUT2D eigenvalue weighted by Crippen LogP contribution is 2.44. The van der Waals surface area contributed by atoms with Gasteiger partial charge in [0.2, 0.25) is 0 Å². The molecule has 1 aliphatic rings. The van der Waals surface area contributed by atoms with Crippen LogP contribution in [0.2, 0.25) is 5.02 Å². The summed E-state index contributed by atoms with van der Waals surface area (Å²) in [6.45, 7) is 0. The molecule has 0 saturated heterocycles. The molecule has 5 nitrogen and oxygen atoms in total. The van der Waals surface area contributed by atoms with E-state index in [4.69, 9.17) is 11.6 Å². The van der Waals surface area contributed by atoms with Crippen molar-refractivity contribution in [3.8, 4) is 0 Å². The maximum atomic E-state index is 13.6. The van der Waals surface area contributed by atoms with E-state index in [1.165, 1.54) is 29.5 Å². The van der Waals surface area contributed by atoms with E-state index in [1.54, 1.807) is 17.5 Å². The molecule has 11 heteroatoms. The summed E-state index contributed by atoms with van der Waals surface area (Å²) in [5, 5.41) is 10.9. The molecule has 3 heterocycles. The summed E-state index contributed by atoms with van der Waals surface area (Å²) in [6.07, 6.45) is -4.77. The van der Waals surface area contributed by atoms with Crippen LogP contribution in [0.1, 0.15) is 33.9 Å². The molecule has 29 heavy (non-hydrogen) atoms. The summed E-state index contributed by atoms with van der Waals surface area (Å²) in [5.41, 5.74) is -0.00167. The van der Waals surface area contributed by atoms with E-state index >= 15 is 0 Å². The number of carbonyl (C=O) groups is 1. The Hall–Kier alpha value is -2.59. The number of nitrogens with one attached hydrogen (secondary N) is 2. The van der Waals surface area contributed by atoms with E-state index in [0.29, 0.717) is 0 Å². The Labute approximate surface area is 171 Å². The average Bonchev–Trinajstić information content (AvgIpc) is 3.32. The van der Waals surface area contributed by atoms with Crippen LogP contribution in [0.4, 0.5) is 29.1 Å². The van der Waals surface area contributed by atoms with Gasteiger partial charge in [0.1, 0.15) is 11.6 Å². The fraction of sp³-hybridized carbons (Fsp3) is 0.222. The quantitative estimate of drug-likeness (QED) is 0.513. The second-order valence-corrected chi connectivity index (χ2v) is 7.83. The van der Waals surface area contributed by atoms with E-state index in [9.17, 15) is 22.4 Å². The number of thiophene rings is 1. The third-order valence-electron chi connectivity index (χ3n) is 4.49. The largest absolute Gasteiger partial charge is 0.410 e. The molecule has 0 bridgehead atoms. The number of aromatic nitrogens is 2. The molecule has 0 unspecified atom stereocenters. The van der Waals surface area contributed by atoms with Crippen molar-refractivity contribution in [3.05, 3.63) is 63.2 Å². The van der Waals surface area contributed by atoms with Crippen molar-refractivity contribution in [1.82, 2.24) is 9.78 Å². The molecule has 0 spiro atoms. The van der Waals surface area contributed by atoms with Crippen LogP contribution in [0.25, 0.3) is 0 Å². The van der Waals surface area contributed by atoms with Crippen LogP contribution in [-0.2, 0) is 0 Å². The topological polar surface area (TPSA) is 59.0 Å². The van der Waals surface area contributed by atoms with E-state index in [2.05, 4.69) is 15.7 Å². The van der Waals surface area contributed by atoms with Crippen LogP contribution < -0.4 is 10.6 Å². The standard InChI is InChI=1S/C18H13ClF4N4OS/c19-10-6-9(3-4-11(10)20)24-17(28)13-8-16-25-12(14-2-1-5-29-14)7-15(18(21,22)23)27(16)26-13/h1-6,8,12,15,25H,7H2,(H,24,28)/t12-,15+/m1/s1. The Morgan fingerprint density at radius 3 is 2.76 bits per heavy atom. The van der Waals surface area contributed by atoms with Crippen LogP contribution in [0.3, 0.4) is 0 Å². The maximum Gasteiger partial charge on any atom is 0.410 e. The molecule has 3 aromatic rings. The number of hydrogen-bond donors (Lipinski definition) is 2. The zero-order chi connectivity index (χ0) is 20.8. The summed E-state index contributed by atoms with van der Waals surface area (Å²) in [6, 6.07) is 5.94. The van der Waals surface area contributed by atoms with Crippen LogP contribution in [0, 0.1) is 5.82 Å². The van der Waals surface area contributed by atoms with Gasteiger partial charge in [-0.15, -0.1) is 11.3 Å². The van der Waals surface area contributed by atoms with Gasteiger partial charge in [-0.05, 0) is 29.6 Å². The van der Waals surface area contributed by atoms with Gasteiger partial charge >= 0.3 is 6.18 Å². The zero-order valence-corrected chi connectivity index (χ0v) is 16.1. The number of nitrogens with zero attached hydrogens (tertiary/aromatic N) is 2. The number of halogens is 5. The number of carbonyl (C=O) groups excluding carboxylic acids is 1. The predicted octanol–water partition coefficient (Wildman–Crippen LogP) is 5.65. The number of hydrogen-bond acceptors (Lipinski definition) is 4. The maximum absolute atomic E-state index is 13.6. The van der Waals surface area contributed by atoms with Crippen LogP contribution in [-0.4, -0.2) is 21.9 Å². The zero-order valence-electron chi connectivity index (χ0n) is 14.5. The van der Waals surface area contributed by atoms with Gasteiger partial charge in [0.25, 0.3) is 5.91 Å². The third-order valence-corrected chi connectivity index (χ3v) is 5.76. The van der Waals surface area contributed by atoms with Crippen molar-refractivity contribution >= 4 is 40.4 Å². The Bertz CT molecular complexity index is 1050. The number of benzene rings is 1. The first-order chi connectivity index (χ1) is 13.7. The average molecular weight is 445 g/mol. The van der Waals surface area contributed by atoms with Gasteiger partial charge in [-0.2, -0.15) is 18.3 Å². The fourth-order valence-corrected chi connectivity index (χ4v) is 4.10. The van der Waals surface area contributed by atoms with E-state index in [1.807, 2.05) is 0 Å². The highest BCUT2D eigenvalue weighted by Gasteiger charge is 2.47. The minimum Gasteiger partial charge on any atom is -0.363 e. The number of anilines is 2. The molecule has 1 aliphatic heterocycles. The Kier molecular flexibility index (Phi) is 4.99. The smallest absolute Gasteiger partial charge is 0.363 e. The van der Waals surface area contributed by atoms with E-state index in [0.717, 1.165) is 15.6 Å². The summed E-state index contributed by atoms with van der Waals surface area (Å²) in [5.74, 6) is -1.29. The summed E-state index contributed by atoms with van der Waals surface area (Å²) >= 11 is 7.03. The van der Waals surface area contributed by atoms with Crippen molar-refractivity contribution < 1.29 is 22.4 Å².